The molecule has 0 aliphatic rings. The van der Waals surface area contributed by atoms with Gasteiger partial charge in [0.1, 0.15) is 5.82 Å². The van der Waals surface area contributed by atoms with Crippen LogP contribution in [0.1, 0.15) is 50.8 Å². The molecule has 0 radical (unpaired) electrons. The van der Waals surface area contributed by atoms with E-state index in [-0.39, 0.29) is 23.2 Å². The highest BCUT2D eigenvalue weighted by Crippen LogP contribution is 2.17. The molecule has 2 rings (SSSR count). The Balaban J connectivity index is 2.68. The van der Waals surface area contributed by atoms with Gasteiger partial charge >= 0.3 is 0 Å². The molecule has 3 nitrogen and oxygen atoms in total. The third-order valence-corrected chi connectivity index (χ3v) is 3.24. The molecule has 20 heavy (non-hydrogen) atoms. The summed E-state index contributed by atoms with van der Waals surface area (Å²) in [4.78, 5) is 12.5. The average molecular weight is 274 g/mol. The molecule has 0 fully saturated rings. The largest absolute Gasteiger partial charge is 0.274 e. The van der Waals surface area contributed by atoms with E-state index in [1.807, 2.05) is 33.8 Å². The Labute approximate surface area is 118 Å². The van der Waals surface area contributed by atoms with Gasteiger partial charge in [-0.3, -0.25) is 4.79 Å². The minimum Gasteiger partial charge on any atom is -0.267 e. The van der Waals surface area contributed by atoms with Crippen LogP contribution in [0.3, 0.4) is 0 Å². The van der Waals surface area contributed by atoms with E-state index in [0.29, 0.717) is 5.69 Å². The Kier molecular flexibility index (Phi) is 4.02. The third-order valence-electron chi connectivity index (χ3n) is 3.24. The number of aromatic nitrogens is 2. The molecule has 1 aromatic carbocycles. The lowest BCUT2D eigenvalue weighted by molar-refractivity contribution is 0.625. The topological polar surface area (TPSA) is 34.9 Å². The maximum Gasteiger partial charge on any atom is 0.274 e. The van der Waals surface area contributed by atoms with Crippen LogP contribution in [0.4, 0.5) is 4.39 Å². The van der Waals surface area contributed by atoms with Crippen molar-refractivity contribution in [1.82, 2.24) is 9.78 Å². The highest BCUT2D eigenvalue weighted by molar-refractivity contribution is 5.33. The molecule has 1 aromatic heterocycles. The van der Waals surface area contributed by atoms with Crippen LogP contribution in [0.25, 0.3) is 5.69 Å². The van der Waals surface area contributed by atoms with E-state index in [1.54, 1.807) is 12.1 Å². The summed E-state index contributed by atoms with van der Waals surface area (Å²) in [6, 6.07) is 7.68. The van der Waals surface area contributed by atoms with Crippen molar-refractivity contribution in [3.8, 4) is 5.69 Å². The summed E-state index contributed by atoms with van der Waals surface area (Å²) < 4.78 is 14.4. The van der Waals surface area contributed by atoms with Gasteiger partial charge in [-0.05, 0) is 42.2 Å². The summed E-state index contributed by atoms with van der Waals surface area (Å²) in [6.07, 6.45) is 0. The number of hydrogen-bond donors (Lipinski definition) is 0. The smallest absolute Gasteiger partial charge is 0.267 e. The normalized spacial score (nSPS) is 11.3. The van der Waals surface area contributed by atoms with Gasteiger partial charge in [-0.15, -0.1) is 0 Å². The Hall–Kier alpha value is -1.97. The summed E-state index contributed by atoms with van der Waals surface area (Å²) in [6.45, 7) is 8.03. The molecule has 4 heteroatoms. The summed E-state index contributed by atoms with van der Waals surface area (Å²) in [7, 11) is 0. The highest BCUT2D eigenvalue weighted by atomic mass is 19.1. The first-order chi connectivity index (χ1) is 9.40. The fourth-order valence-corrected chi connectivity index (χ4v) is 1.99. The van der Waals surface area contributed by atoms with E-state index in [9.17, 15) is 9.18 Å². The van der Waals surface area contributed by atoms with Crippen molar-refractivity contribution in [2.45, 2.75) is 39.5 Å². The summed E-state index contributed by atoms with van der Waals surface area (Å²) >= 11 is 0. The fraction of sp³-hybridized carbons (Fsp3) is 0.375. The van der Waals surface area contributed by atoms with Gasteiger partial charge in [0.25, 0.3) is 5.56 Å². The van der Waals surface area contributed by atoms with E-state index in [1.165, 1.54) is 16.8 Å². The maximum absolute atomic E-state index is 13.0. The summed E-state index contributed by atoms with van der Waals surface area (Å²) in [5, 5.41) is 4.40. The quantitative estimate of drug-likeness (QED) is 0.856. The first-order valence-electron chi connectivity index (χ1n) is 6.80. The van der Waals surface area contributed by atoms with Crippen molar-refractivity contribution in [2.75, 3.05) is 0 Å². The van der Waals surface area contributed by atoms with Gasteiger partial charge < -0.3 is 0 Å². The van der Waals surface area contributed by atoms with Gasteiger partial charge in [-0.2, -0.15) is 9.78 Å². The second kappa shape index (κ2) is 5.57. The molecular weight excluding hydrogens is 255 g/mol. The number of nitrogens with zero attached hydrogens (tertiary/aromatic N) is 2. The minimum atomic E-state index is -0.328. The molecule has 0 spiro atoms. The van der Waals surface area contributed by atoms with Crippen molar-refractivity contribution < 1.29 is 4.39 Å². The molecule has 0 aliphatic heterocycles. The molecule has 0 amide bonds. The number of hydrogen-bond acceptors (Lipinski definition) is 2. The van der Waals surface area contributed by atoms with Crippen LogP contribution >= 0.6 is 0 Å². The molecule has 1 heterocycles. The van der Waals surface area contributed by atoms with Crippen molar-refractivity contribution in [2.24, 2.45) is 0 Å². The molecule has 106 valence electrons. The Morgan fingerprint density at radius 2 is 1.65 bits per heavy atom. The zero-order valence-corrected chi connectivity index (χ0v) is 12.2. The molecule has 2 aromatic rings. The van der Waals surface area contributed by atoms with Crippen molar-refractivity contribution in [3.63, 3.8) is 0 Å². The third kappa shape index (κ3) is 2.79. The van der Waals surface area contributed by atoms with E-state index >= 15 is 0 Å². The monoisotopic (exact) mass is 274 g/mol. The zero-order chi connectivity index (χ0) is 14.9. The lowest BCUT2D eigenvalue weighted by Crippen LogP contribution is -2.27. The molecular formula is C16H19FN2O. The highest BCUT2D eigenvalue weighted by Gasteiger charge is 2.14. The van der Waals surface area contributed by atoms with E-state index in [2.05, 4.69) is 5.10 Å². The van der Waals surface area contributed by atoms with Gasteiger partial charge in [-0.1, -0.05) is 27.7 Å². The van der Waals surface area contributed by atoms with Crippen molar-refractivity contribution in [1.29, 1.82) is 0 Å². The predicted octanol–water partition coefficient (Wildman–Crippen LogP) is 3.62. The average Bonchev–Trinajstić information content (AvgIpc) is 2.39. The fourth-order valence-electron chi connectivity index (χ4n) is 1.99. The molecule has 0 atom stereocenters. The molecule has 0 saturated heterocycles. The van der Waals surface area contributed by atoms with Crippen molar-refractivity contribution in [3.05, 3.63) is 57.8 Å². The van der Waals surface area contributed by atoms with Crippen LogP contribution in [0.2, 0.25) is 0 Å². The van der Waals surface area contributed by atoms with Gasteiger partial charge in [0, 0.05) is 5.56 Å². The van der Waals surface area contributed by atoms with Crippen LogP contribution < -0.4 is 5.56 Å². The van der Waals surface area contributed by atoms with Crippen LogP contribution in [0.5, 0.6) is 0 Å². The Bertz CT molecular complexity index is 657. The van der Waals surface area contributed by atoms with Crippen LogP contribution in [-0.2, 0) is 0 Å². The number of benzene rings is 1. The molecule has 0 unspecified atom stereocenters. The Morgan fingerprint density at radius 1 is 1.05 bits per heavy atom. The summed E-state index contributed by atoms with van der Waals surface area (Å²) in [5.41, 5.74) is 2.03. The van der Waals surface area contributed by atoms with Crippen LogP contribution in [0, 0.1) is 5.82 Å². The standard InChI is InChI=1S/C16H19FN2O/c1-10(2)14-9-15(11(3)4)18-19(16(14)20)13-7-5-12(17)6-8-13/h5-11H,1-4H3. The van der Waals surface area contributed by atoms with Crippen LogP contribution in [-0.4, -0.2) is 9.78 Å². The van der Waals surface area contributed by atoms with E-state index in [4.69, 9.17) is 0 Å². The first-order valence-corrected chi connectivity index (χ1v) is 6.80. The van der Waals surface area contributed by atoms with Crippen molar-refractivity contribution >= 4 is 0 Å². The van der Waals surface area contributed by atoms with E-state index in [0.717, 1.165) is 11.3 Å². The molecule has 0 bridgehead atoms. The minimum absolute atomic E-state index is 0.120. The maximum atomic E-state index is 13.0. The van der Waals surface area contributed by atoms with Crippen LogP contribution in [0.15, 0.2) is 35.1 Å². The second-order valence-electron chi connectivity index (χ2n) is 5.53. The molecule has 0 aliphatic carbocycles. The number of rotatable bonds is 3. The predicted molar refractivity (Wildman–Crippen MR) is 78.0 cm³/mol. The lowest BCUT2D eigenvalue weighted by Gasteiger charge is -2.14. The molecule has 0 N–H and O–H groups in total. The first kappa shape index (κ1) is 14.4. The SMILES string of the molecule is CC(C)c1cc(C(C)C)c(=O)n(-c2ccc(F)cc2)n1. The Morgan fingerprint density at radius 3 is 2.15 bits per heavy atom. The van der Waals surface area contributed by atoms with Gasteiger partial charge in [0.05, 0.1) is 11.4 Å². The van der Waals surface area contributed by atoms with Gasteiger partial charge in [0.2, 0.25) is 0 Å². The second-order valence-corrected chi connectivity index (χ2v) is 5.53. The summed E-state index contributed by atoms with van der Waals surface area (Å²) in [5.74, 6) is 0.0143. The number of halogens is 1. The van der Waals surface area contributed by atoms with E-state index < -0.39 is 0 Å². The molecule has 0 saturated carbocycles. The van der Waals surface area contributed by atoms with Gasteiger partial charge in [-0.25, -0.2) is 4.39 Å². The lowest BCUT2D eigenvalue weighted by atomic mass is 10.0. The zero-order valence-electron chi connectivity index (χ0n) is 12.2. The van der Waals surface area contributed by atoms with Gasteiger partial charge in [0.15, 0.2) is 0 Å².